The van der Waals surface area contributed by atoms with Crippen molar-refractivity contribution < 1.29 is 28.7 Å². The van der Waals surface area contributed by atoms with Gasteiger partial charge >= 0.3 is 12.1 Å². The van der Waals surface area contributed by atoms with Gasteiger partial charge in [-0.05, 0) is 48.0 Å². The Morgan fingerprint density at radius 2 is 1.60 bits per heavy atom. The van der Waals surface area contributed by atoms with Gasteiger partial charge in [-0.3, -0.25) is 9.59 Å². The van der Waals surface area contributed by atoms with Crippen LogP contribution in [0, 0.1) is 0 Å². The summed E-state index contributed by atoms with van der Waals surface area (Å²) in [5.74, 6) is -1.54. The quantitative estimate of drug-likeness (QED) is 0.454. The van der Waals surface area contributed by atoms with Crippen molar-refractivity contribution in [2.24, 2.45) is 0 Å². The van der Waals surface area contributed by atoms with Crippen LogP contribution >= 0.6 is 0 Å². The molecule has 0 spiro atoms. The molecule has 2 rings (SSSR count). The molecule has 140 valence electrons. The lowest BCUT2D eigenvalue weighted by Gasteiger charge is -2.52. The molecular weight excluding hydrogens is 328 g/mol. The highest BCUT2D eigenvalue weighted by Crippen LogP contribution is 2.33. The van der Waals surface area contributed by atoms with Crippen molar-refractivity contribution in [2.45, 2.75) is 83.7 Å². The second-order valence-electron chi connectivity index (χ2n) is 8.38. The Balaban J connectivity index is 2.07. The summed E-state index contributed by atoms with van der Waals surface area (Å²) in [5, 5.41) is 2.53. The van der Waals surface area contributed by atoms with Crippen LogP contribution in [0.25, 0.3) is 0 Å². The number of alkyl carbamates (subject to hydrolysis) is 1. The number of β-lactam (4-membered cyclic amide) rings is 1. The molecule has 2 heterocycles. The lowest BCUT2D eigenvalue weighted by Crippen LogP contribution is -2.77. The molecule has 8 nitrogen and oxygen atoms in total. The van der Waals surface area contributed by atoms with Crippen LogP contribution < -0.4 is 5.32 Å². The molecule has 0 bridgehead atoms. The first-order valence-corrected chi connectivity index (χ1v) is 8.37. The van der Waals surface area contributed by atoms with E-state index in [1.165, 1.54) is 4.90 Å². The Morgan fingerprint density at radius 3 is 2.12 bits per heavy atom. The van der Waals surface area contributed by atoms with Crippen LogP contribution in [0.5, 0.6) is 0 Å². The topological polar surface area (TPSA) is 102 Å². The zero-order chi connectivity index (χ0) is 19.2. The fourth-order valence-corrected chi connectivity index (χ4v) is 2.97. The highest BCUT2D eigenvalue weighted by atomic mass is 16.6. The van der Waals surface area contributed by atoms with Crippen molar-refractivity contribution in [3.8, 4) is 0 Å². The highest BCUT2D eigenvalue weighted by molar-refractivity contribution is 6.09. The van der Waals surface area contributed by atoms with E-state index in [2.05, 4.69) is 5.32 Å². The van der Waals surface area contributed by atoms with Gasteiger partial charge in [-0.25, -0.2) is 9.59 Å². The number of piperidine rings is 1. The summed E-state index contributed by atoms with van der Waals surface area (Å²) in [5.41, 5.74) is -1.44. The van der Waals surface area contributed by atoms with E-state index in [0.29, 0.717) is 6.42 Å². The minimum Gasteiger partial charge on any atom is -0.458 e. The molecule has 8 heteroatoms. The van der Waals surface area contributed by atoms with Crippen LogP contribution in [0.4, 0.5) is 4.79 Å². The van der Waals surface area contributed by atoms with Crippen LogP contribution in [0.1, 0.15) is 54.4 Å². The fraction of sp³-hybridized carbons (Fsp3) is 0.765. The molecule has 0 aliphatic carbocycles. The molecule has 2 saturated heterocycles. The van der Waals surface area contributed by atoms with Gasteiger partial charge in [0.05, 0.1) is 6.04 Å². The first-order valence-electron chi connectivity index (χ1n) is 8.37. The van der Waals surface area contributed by atoms with Gasteiger partial charge in [0.15, 0.2) is 11.8 Å². The Hall–Kier alpha value is -2.12. The number of carbonyl (C=O) groups excluding carboxylic acids is 4. The molecule has 2 amide bonds. The molecular formula is C17H26N2O6. The predicted octanol–water partition coefficient (Wildman–Crippen LogP) is 1.16. The highest BCUT2D eigenvalue weighted by Gasteiger charge is 2.58. The summed E-state index contributed by atoms with van der Waals surface area (Å²) in [6.45, 7) is 10.2. The summed E-state index contributed by atoms with van der Waals surface area (Å²) in [6.07, 6.45) is -0.147. The zero-order valence-electron chi connectivity index (χ0n) is 15.5. The van der Waals surface area contributed by atoms with E-state index in [1.54, 1.807) is 41.5 Å². The van der Waals surface area contributed by atoms with Crippen LogP contribution in [-0.4, -0.2) is 58.0 Å². The van der Waals surface area contributed by atoms with Crippen molar-refractivity contribution in [3.63, 3.8) is 0 Å². The van der Waals surface area contributed by atoms with Crippen LogP contribution in [0.3, 0.4) is 0 Å². The van der Waals surface area contributed by atoms with E-state index in [0.717, 1.165) is 0 Å². The van der Waals surface area contributed by atoms with Gasteiger partial charge in [0, 0.05) is 6.42 Å². The number of fused-ring (bicyclic) bond motifs is 1. The normalized spacial score (nSPS) is 26.5. The third-order valence-electron chi connectivity index (χ3n) is 3.83. The Morgan fingerprint density at radius 1 is 1.04 bits per heavy atom. The monoisotopic (exact) mass is 354 g/mol. The average molecular weight is 354 g/mol. The SMILES string of the molecule is CC(C)(C)OC(=O)N[C@@H]1C(=O)N2C(C(=O)OC(C)(C)C)C(=O)CC[C@H]12. The minimum absolute atomic E-state index is 0.158. The van der Waals surface area contributed by atoms with E-state index < -0.39 is 47.3 Å². The number of amides is 2. The maximum atomic E-state index is 12.4. The van der Waals surface area contributed by atoms with E-state index >= 15 is 0 Å². The first-order chi connectivity index (χ1) is 11.3. The van der Waals surface area contributed by atoms with E-state index in [4.69, 9.17) is 9.47 Å². The fourth-order valence-electron chi connectivity index (χ4n) is 2.97. The maximum Gasteiger partial charge on any atom is 0.408 e. The minimum atomic E-state index is -1.23. The molecule has 0 aromatic carbocycles. The number of carbonyl (C=O) groups is 4. The lowest BCUT2D eigenvalue weighted by molar-refractivity contribution is -0.180. The van der Waals surface area contributed by atoms with Gasteiger partial charge in [0.2, 0.25) is 5.91 Å². The number of rotatable bonds is 2. The summed E-state index contributed by atoms with van der Waals surface area (Å²) >= 11 is 0. The van der Waals surface area contributed by atoms with Gasteiger partial charge in [-0.1, -0.05) is 0 Å². The standard InChI is InChI=1S/C17H26N2O6/c1-16(2,3)24-14(22)12-10(20)8-7-9-11(13(21)19(9)12)18-15(23)25-17(4,5)6/h9,11-12H,7-8H2,1-6H3,(H,18,23)/t9-,11+,12?/m1/s1. The summed E-state index contributed by atoms with van der Waals surface area (Å²) in [4.78, 5) is 50.0. The second-order valence-corrected chi connectivity index (χ2v) is 8.38. The molecule has 2 aliphatic rings. The Kier molecular flexibility index (Phi) is 4.85. The molecule has 1 unspecified atom stereocenters. The number of hydrogen-bond donors (Lipinski definition) is 1. The number of nitrogens with one attached hydrogen (secondary N) is 1. The number of ketones is 1. The lowest BCUT2D eigenvalue weighted by atomic mass is 9.82. The van der Waals surface area contributed by atoms with Gasteiger partial charge < -0.3 is 19.7 Å². The first kappa shape index (κ1) is 19.2. The van der Waals surface area contributed by atoms with Crippen LogP contribution in [-0.2, 0) is 23.9 Å². The number of Topliss-reactive ketones (excluding diaryl/α,β-unsaturated/α-hetero) is 1. The molecule has 0 aromatic rings. The van der Waals surface area contributed by atoms with E-state index in [9.17, 15) is 19.2 Å². The molecule has 3 atom stereocenters. The van der Waals surface area contributed by atoms with Crippen molar-refractivity contribution in [2.75, 3.05) is 0 Å². The summed E-state index contributed by atoms with van der Waals surface area (Å²) < 4.78 is 10.4. The van der Waals surface area contributed by atoms with Crippen molar-refractivity contribution in [1.82, 2.24) is 10.2 Å². The molecule has 0 aromatic heterocycles. The Bertz CT molecular complexity index is 601. The van der Waals surface area contributed by atoms with Gasteiger partial charge in [0.25, 0.3) is 0 Å². The third kappa shape index (κ3) is 4.29. The van der Waals surface area contributed by atoms with E-state index in [1.807, 2.05) is 0 Å². The molecule has 0 saturated carbocycles. The van der Waals surface area contributed by atoms with Crippen molar-refractivity contribution in [3.05, 3.63) is 0 Å². The molecule has 2 fully saturated rings. The number of nitrogens with zero attached hydrogens (tertiary/aromatic N) is 1. The number of esters is 1. The van der Waals surface area contributed by atoms with Crippen LogP contribution in [0.15, 0.2) is 0 Å². The largest absolute Gasteiger partial charge is 0.458 e. The number of hydrogen-bond acceptors (Lipinski definition) is 6. The van der Waals surface area contributed by atoms with Crippen LogP contribution in [0.2, 0.25) is 0 Å². The maximum absolute atomic E-state index is 12.4. The van der Waals surface area contributed by atoms with Crippen molar-refractivity contribution in [1.29, 1.82) is 0 Å². The molecule has 0 radical (unpaired) electrons. The van der Waals surface area contributed by atoms with Gasteiger partial charge in [-0.2, -0.15) is 0 Å². The number of ether oxygens (including phenoxy) is 2. The summed E-state index contributed by atoms with van der Waals surface area (Å²) in [7, 11) is 0. The smallest absolute Gasteiger partial charge is 0.408 e. The van der Waals surface area contributed by atoms with E-state index in [-0.39, 0.29) is 12.2 Å². The second kappa shape index (κ2) is 6.31. The zero-order valence-corrected chi connectivity index (χ0v) is 15.5. The molecule has 2 aliphatic heterocycles. The Labute approximate surface area is 147 Å². The predicted molar refractivity (Wildman–Crippen MR) is 87.7 cm³/mol. The third-order valence-corrected chi connectivity index (χ3v) is 3.83. The van der Waals surface area contributed by atoms with Gasteiger partial charge in [0.1, 0.15) is 17.2 Å². The molecule has 1 N–H and O–H groups in total. The molecule has 25 heavy (non-hydrogen) atoms. The summed E-state index contributed by atoms with van der Waals surface area (Å²) in [6, 6.07) is -2.43. The van der Waals surface area contributed by atoms with Crippen molar-refractivity contribution >= 4 is 23.8 Å². The average Bonchev–Trinajstić information content (AvgIpc) is 2.40. The van der Waals surface area contributed by atoms with Gasteiger partial charge in [-0.15, -0.1) is 0 Å².